The molecule has 0 spiro atoms. The first kappa shape index (κ1) is 19.5. The van der Waals surface area contributed by atoms with Crippen LogP contribution in [-0.2, 0) is 20.1 Å². The molecule has 2 aromatic rings. The molecule has 22 heavy (non-hydrogen) atoms. The van der Waals surface area contributed by atoms with Gasteiger partial charge in [-0.2, -0.15) is 0 Å². The zero-order chi connectivity index (χ0) is 15.4. The molecule has 0 fully saturated rings. The van der Waals surface area contributed by atoms with Crippen molar-refractivity contribution in [3.63, 3.8) is 0 Å². The highest BCUT2D eigenvalue weighted by Gasteiger charge is 2.09. The van der Waals surface area contributed by atoms with Crippen molar-refractivity contribution in [1.82, 2.24) is 20.2 Å². The first-order chi connectivity index (χ1) is 10.0. The molecule has 0 aromatic carbocycles. The van der Waals surface area contributed by atoms with Gasteiger partial charge < -0.3 is 15.2 Å². The first-order valence-electron chi connectivity index (χ1n) is 6.36. The molecule has 0 aliphatic rings. The van der Waals surface area contributed by atoms with Crippen LogP contribution in [0.25, 0.3) is 0 Å². The molecule has 9 heteroatoms. The summed E-state index contributed by atoms with van der Waals surface area (Å²) in [5.74, 6) is 0.719. The lowest BCUT2D eigenvalue weighted by molar-refractivity contribution is 0.751. The molecule has 0 radical (unpaired) electrons. The largest absolute Gasteiger partial charge is 0.351 e. The van der Waals surface area contributed by atoms with Gasteiger partial charge in [0.15, 0.2) is 5.96 Å². The maximum Gasteiger partial charge on any atom is 0.191 e. The van der Waals surface area contributed by atoms with Crippen LogP contribution in [0, 0.1) is 6.92 Å². The summed E-state index contributed by atoms with van der Waals surface area (Å²) in [5, 5.41) is 7.59. The van der Waals surface area contributed by atoms with E-state index >= 15 is 0 Å². The lowest BCUT2D eigenvalue weighted by Gasteiger charge is -2.12. The van der Waals surface area contributed by atoms with Crippen molar-refractivity contribution in [3.8, 4) is 0 Å². The summed E-state index contributed by atoms with van der Waals surface area (Å²) in [6.45, 7) is 3.28. The van der Waals surface area contributed by atoms with Crippen LogP contribution in [0.3, 0.4) is 0 Å². The molecule has 0 saturated heterocycles. The number of halogens is 3. The topological polar surface area (TPSA) is 54.2 Å². The van der Waals surface area contributed by atoms with E-state index in [4.69, 9.17) is 23.2 Å². The Morgan fingerprint density at radius 2 is 2.05 bits per heavy atom. The Kier molecular flexibility index (Phi) is 7.95. The average Bonchev–Trinajstić information content (AvgIpc) is 2.98. The van der Waals surface area contributed by atoms with E-state index in [0.717, 1.165) is 17.3 Å². The van der Waals surface area contributed by atoms with Gasteiger partial charge in [-0.25, -0.2) is 4.98 Å². The minimum atomic E-state index is 0. The van der Waals surface area contributed by atoms with Gasteiger partial charge in [0.2, 0.25) is 0 Å². The Balaban J connectivity index is 0.00000242. The smallest absolute Gasteiger partial charge is 0.191 e. The van der Waals surface area contributed by atoms with Crippen LogP contribution in [-0.4, -0.2) is 22.6 Å². The van der Waals surface area contributed by atoms with E-state index in [-0.39, 0.29) is 24.0 Å². The summed E-state index contributed by atoms with van der Waals surface area (Å²) in [7, 11) is 3.61. The minimum absolute atomic E-state index is 0. The van der Waals surface area contributed by atoms with E-state index in [1.807, 2.05) is 30.1 Å². The second kappa shape index (κ2) is 8.95. The summed E-state index contributed by atoms with van der Waals surface area (Å²) in [4.78, 5) is 9.62. The van der Waals surface area contributed by atoms with Gasteiger partial charge in [-0.15, -0.1) is 35.3 Å². The molecular weight excluding hydrogens is 456 g/mol. The molecular formula is C13H18Cl2IN5S. The zero-order valence-corrected chi connectivity index (χ0v) is 17.1. The second-order valence-corrected chi connectivity index (χ2v) is 6.18. The normalized spacial score (nSPS) is 11.2. The number of guanidine groups is 1. The molecule has 0 aliphatic heterocycles. The lowest BCUT2D eigenvalue weighted by atomic mass is 10.4. The van der Waals surface area contributed by atoms with E-state index in [1.54, 1.807) is 18.4 Å². The quantitative estimate of drug-likeness (QED) is 0.405. The molecule has 0 atom stereocenters. The van der Waals surface area contributed by atoms with Crippen molar-refractivity contribution in [2.45, 2.75) is 20.0 Å². The van der Waals surface area contributed by atoms with Crippen molar-refractivity contribution < 1.29 is 0 Å². The zero-order valence-electron chi connectivity index (χ0n) is 12.5. The van der Waals surface area contributed by atoms with Crippen LogP contribution in [0.5, 0.6) is 0 Å². The predicted octanol–water partition coefficient (Wildman–Crippen LogP) is 3.58. The minimum Gasteiger partial charge on any atom is -0.351 e. The summed E-state index contributed by atoms with van der Waals surface area (Å²) in [6.07, 6.45) is 0. The van der Waals surface area contributed by atoms with Gasteiger partial charge in [0, 0.05) is 24.7 Å². The third-order valence-electron chi connectivity index (χ3n) is 3.14. The Morgan fingerprint density at radius 3 is 2.55 bits per heavy atom. The maximum atomic E-state index is 6.05. The van der Waals surface area contributed by atoms with Gasteiger partial charge in [-0.3, -0.25) is 4.99 Å². The Hall–Kier alpha value is -0.510. The van der Waals surface area contributed by atoms with Crippen LogP contribution in [0.2, 0.25) is 10.2 Å². The van der Waals surface area contributed by atoms with Gasteiger partial charge in [0.1, 0.15) is 5.15 Å². The molecule has 2 aromatic heterocycles. The van der Waals surface area contributed by atoms with Crippen LogP contribution in [0.1, 0.15) is 16.3 Å². The van der Waals surface area contributed by atoms with E-state index in [2.05, 4.69) is 20.6 Å². The lowest BCUT2D eigenvalue weighted by Crippen LogP contribution is -2.36. The summed E-state index contributed by atoms with van der Waals surface area (Å²) < 4.78 is 1.84. The van der Waals surface area contributed by atoms with Gasteiger partial charge in [-0.1, -0.05) is 23.2 Å². The first-order valence-corrected chi connectivity index (χ1v) is 7.99. The number of thiazole rings is 1. The average molecular weight is 474 g/mol. The Labute approximate surface area is 161 Å². The molecule has 122 valence electrons. The molecule has 2 rings (SSSR count). The number of nitrogens with zero attached hydrogens (tertiary/aromatic N) is 3. The predicted molar refractivity (Wildman–Crippen MR) is 105 cm³/mol. The number of aryl methyl sites for hydroxylation is 1. The second-order valence-electron chi connectivity index (χ2n) is 4.47. The fourth-order valence-electron chi connectivity index (χ4n) is 1.81. The Bertz CT molecular complexity index is 653. The third-order valence-corrected chi connectivity index (χ3v) is 4.91. The summed E-state index contributed by atoms with van der Waals surface area (Å²) >= 11 is 13.7. The van der Waals surface area contributed by atoms with Crippen molar-refractivity contribution in [3.05, 3.63) is 38.0 Å². The molecule has 0 bridgehead atoms. The van der Waals surface area contributed by atoms with E-state index in [1.165, 1.54) is 4.88 Å². The van der Waals surface area contributed by atoms with Crippen molar-refractivity contribution in [2.75, 3.05) is 7.05 Å². The fourth-order valence-corrected chi connectivity index (χ4v) is 2.95. The number of nitrogens with one attached hydrogen (secondary N) is 2. The van der Waals surface area contributed by atoms with E-state index in [0.29, 0.717) is 23.3 Å². The summed E-state index contributed by atoms with van der Waals surface area (Å²) in [6, 6.07) is 1.84. The van der Waals surface area contributed by atoms with Crippen LogP contribution >= 0.6 is 58.5 Å². The summed E-state index contributed by atoms with van der Waals surface area (Å²) in [5.41, 5.74) is 3.88. The maximum absolute atomic E-state index is 6.05. The van der Waals surface area contributed by atoms with Crippen molar-refractivity contribution in [1.29, 1.82) is 0 Å². The molecule has 0 amide bonds. The number of hydrogen-bond acceptors (Lipinski definition) is 3. The SMILES string of the molecule is CN=C(NCc1scnc1C)NCc1cc(Cl)c(Cl)n1C.I. The molecule has 0 unspecified atom stereocenters. The fraction of sp³-hybridized carbons (Fsp3) is 0.385. The highest BCUT2D eigenvalue weighted by molar-refractivity contribution is 14.0. The van der Waals surface area contributed by atoms with Crippen LogP contribution < -0.4 is 10.6 Å². The van der Waals surface area contributed by atoms with Crippen molar-refractivity contribution in [2.24, 2.45) is 12.0 Å². The monoisotopic (exact) mass is 473 g/mol. The number of aromatic nitrogens is 2. The van der Waals surface area contributed by atoms with Crippen molar-refractivity contribution >= 4 is 64.5 Å². The van der Waals surface area contributed by atoms with E-state index in [9.17, 15) is 0 Å². The number of rotatable bonds is 4. The number of hydrogen-bond donors (Lipinski definition) is 2. The van der Waals surface area contributed by atoms with Gasteiger partial charge in [0.05, 0.1) is 29.3 Å². The van der Waals surface area contributed by atoms with E-state index < -0.39 is 0 Å². The third kappa shape index (κ3) is 4.74. The molecule has 2 heterocycles. The molecule has 5 nitrogen and oxygen atoms in total. The molecule has 0 aliphatic carbocycles. The molecule has 2 N–H and O–H groups in total. The van der Waals surface area contributed by atoms with Gasteiger partial charge in [0.25, 0.3) is 0 Å². The van der Waals surface area contributed by atoms with Crippen LogP contribution in [0.15, 0.2) is 16.6 Å². The Morgan fingerprint density at radius 1 is 1.36 bits per heavy atom. The highest BCUT2D eigenvalue weighted by Crippen LogP contribution is 2.24. The highest BCUT2D eigenvalue weighted by atomic mass is 127. The standard InChI is InChI=1S/C13H17Cl2N5S.HI/c1-8-11(21-7-19-8)6-18-13(16-2)17-5-9-4-10(14)12(15)20(9)3;/h4,7H,5-6H2,1-3H3,(H2,16,17,18);1H. The van der Waals surface area contributed by atoms with Gasteiger partial charge in [-0.05, 0) is 13.0 Å². The number of aliphatic imine (C=N–C) groups is 1. The molecule has 0 saturated carbocycles. The van der Waals surface area contributed by atoms with Crippen LogP contribution in [0.4, 0.5) is 0 Å². The van der Waals surface area contributed by atoms with Gasteiger partial charge >= 0.3 is 0 Å².